The minimum atomic E-state index is -0.194. The van der Waals surface area contributed by atoms with E-state index in [1.54, 1.807) is 12.1 Å². The predicted octanol–water partition coefficient (Wildman–Crippen LogP) is 3.29. The number of hydrogen-bond acceptors (Lipinski definition) is 2. The second-order valence-corrected chi connectivity index (χ2v) is 5.90. The highest BCUT2D eigenvalue weighted by atomic mass is 79.9. The molecule has 2 rings (SSSR count). The first-order valence-electron chi connectivity index (χ1n) is 6.30. The predicted molar refractivity (Wildman–Crippen MR) is 74.2 cm³/mol. The van der Waals surface area contributed by atoms with Crippen LogP contribution >= 0.6 is 15.9 Å². The van der Waals surface area contributed by atoms with Gasteiger partial charge in [0.05, 0.1) is 5.60 Å². The summed E-state index contributed by atoms with van der Waals surface area (Å²) in [5.74, 6) is -0.194. The van der Waals surface area contributed by atoms with E-state index in [0.717, 1.165) is 35.9 Å². The van der Waals surface area contributed by atoms with Gasteiger partial charge in [0.25, 0.3) is 0 Å². The topological polar surface area (TPSA) is 21.3 Å². The van der Waals surface area contributed by atoms with Crippen molar-refractivity contribution in [2.24, 2.45) is 0 Å². The number of halogens is 2. The van der Waals surface area contributed by atoms with Crippen LogP contribution in [0.3, 0.4) is 0 Å². The molecule has 1 aromatic rings. The zero-order valence-electron chi connectivity index (χ0n) is 10.8. The molecule has 18 heavy (non-hydrogen) atoms. The lowest BCUT2D eigenvalue weighted by atomic mass is 9.88. The molecule has 1 aliphatic rings. The molecule has 1 aliphatic heterocycles. The van der Waals surface area contributed by atoms with E-state index in [1.807, 2.05) is 7.05 Å². The fraction of sp³-hybridized carbons (Fsp3) is 0.571. The Labute approximate surface area is 116 Å². The highest BCUT2D eigenvalue weighted by molar-refractivity contribution is 9.10. The van der Waals surface area contributed by atoms with Gasteiger partial charge in [0, 0.05) is 17.1 Å². The van der Waals surface area contributed by atoms with E-state index >= 15 is 0 Å². The van der Waals surface area contributed by atoms with Gasteiger partial charge in [-0.15, -0.1) is 0 Å². The van der Waals surface area contributed by atoms with E-state index in [9.17, 15) is 4.39 Å². The van der Waals surface area contributed by atoms with Crippen LogP contribution in [0.2, 0.25) is 0 Å². The quantitative estimate of drug-likeness (QED) is 0.920. The van der Waals surface area contributed by atoms with Crippen LogP contribution in [0.25, 0.3) is 0 Å². The SMILES string of the molecule is CNC(Cc1cc(F)ccc1Br)C1(C)CCCO1. The molecule has 2 unspecified atom stereocenters. The van der Waals surface area contributed by atoms with Crippen LogP contribution in [0, 0.1) is 5.82 Å². The van der Waals surface area contributed by atoms with Gasteiger partial charge >= 0.3 is 0 Å². The van der Waals surface area contributed by atoms with Crippen molar-refractivity contribution in [3.8, 4) is 0 Å². The molecule has 1 heterocycles. The van der Waals surface area contributed by atoms with E-state index in [1.165, 1.54) is 6.07 Å². The molecule has 2 atom stereocenters. The van der Waals surface area contributed by atoms with Gasteiger partial charge in [0.15, 0.2) is 0 Å². The second-order valence-electron chi connectivity index (χ2n) is 5.05. The van der Waals surface area contributed by atoms with Crippen molar-refractivity contribution in [2.45, 2.75) is 37.8 Å². The summed E-state index contributed by atoms with van der Waals surface area (Å²) >= 11 is 3.48. The minimum Gasteiger partial charge on any atom is -0.374 e. The molecule has 2 nitrogen and oxygen atoms in total. The van der Waals surface area contributed by atoms with E-state index in [-0.39, 0.29) is 17.5 Å². The average Bonchev–Trinajstić information content (AvgIpc) is 2.78. The Kier molecular flexibility index (Phi) is 4.41. The number of hydrogen-bond donors (Lipinski definition) is 1. The first-order valence-corrected chi connectivity index (χ1v) is 7.09. The molecular formula is C14H19BrFNO. The highest BCUT2D eigenvalue weighted by Gasteiger charge is 2.37. The molecule has 1 saturated heterocycles. The van der Waals surface area contributed by atoms with Crippen LogP contribution in [0.4, 0.5) is 4.39 Å². The molecule has 0 amide bonds. The summed E-state index contributed by atoms with van der Waals surface area (Å²) in [6.45, 7) is 2.95. The monoisotopic (exact) mass is 315 g/mol. The molecule has 0 radical (unpaired) electrons. The first-order chi connectivity index (χ1) is 8.55. The van der Waals surface area contributed by atoms with Crippen molar-refractivity contribution < 1.29 is 9.13 Å². The molecule has 0 saturated carbocycles. The Morgan fingerprint density at radius 1 is 1.56 bits per heavy atom. The van der Waals surface area contributed by atoms with Gasteiger partial charge in [0.2, 0.25) is 0 Å². The maximum Gasteiger partial charge on any atom is 0.123 e. The minimum absolute atomic E-state index is 0.152. The molecule has 0 aromatic heterocycles. The van der Waals surface area contributed by atoms with Crippen molar-refractivity contribution >= 4 is 15.9 Å². The summed E-state index contributed by atoms with van der Waals surface area (Å²) in [4.78, 5) is 0. The van der Waals surface area contributed by atoms with Gasteiger partial charge in [-0.05, 0) is 57.0 Å². The van der Waals surface area contributed by atoms with E-state index in [0.29, 0.717) is 0 Å². The standard InChI is InChI=1S/C14H19BrFNO/c1-14(6-3-7-18-14)13(17-2)9-10-8-11(16)4-5-12(10)15/h4-5,8,13,17H,3,6-7,9H2,1-2H3. The Morgan fingerprint density at radius 2 is 2.33 bits per heavy atom. The number of likely N-dealkylation sites (N-methyl/N-ethyl adjacent to an activating group) is 1. The van der Waals surface area contributed by atoms with Gasteiger partial charge < -0.3 is 10.1 Å². The van der Waals surface area contributed by atoms with Crippen molar-refractivity contribution in [3.05, 3.63) is 34.1 Å². The summed E-state index contributed by atoms with van der Waals surface area (Å²) in [5.41, 5.74) is 0.826. The van der Waals surface area contributed by atoms with Crippen LogP contribution < -0.4 is 5.32 Å². The molecule has 1 fully saturated rings. The number of nitrogens with one attached hydrogen (secondary N) is 1. The summed E-state index contributed by atoms with van der Waals surface area (Å²) in [6.07, 6.45) is 2.90. The fourth-order valence-electron chi connectivity index (χ4n) is 2.62. The average molecular weight is 316 g/mol. The van der Waals surface area contributed by atoms with Crippen molar-refractivity contribution in [2.75, 3.05) is 13.7 Å². The maximum absolute atomic E-state index is 13.3. The first kappa shape index (κ1) is 14.0. The van der Waals surface area contributed by atoms with Crippen molar-refractivity contribution in [1.29, 1.82) is 0 Å². The summed E-state index contributed by atoms with van der Waals surface area (Å²) in [5, 5.41) is 3.31. The van der Waals surface area contributed by atoms with E-state index < -0.39 is 0 Å². The van der Waals surface area contributed by atoms with Crippen LogP contribution in [-0.4, -0.2) is 25.3 Å². The van der Waals surface area contributed by atoms with E-state index in [2.05, 4.69) is 28.2 Å². The lowest BCUT2D eigenvalue weighted by molar-refractivity contribution is -0.00949. The van der Waals surface area contributed by atoms with Gasteiger partial charge in [-0.25, -0.2) is 4.39 Å². The van der Waals surface area contributed by atoms with Crippen molar-refractivity contribution in [1.82, 2.24) is 5.32 Å². The summed E-state index contributed by atoms with van der Waals surface area (Å²) in [6, 6.07) is 5.01. The second kappa shape index (κ2) is 5.68. The summed E-state index contributed by atoms with van der Waals surface area (Å²) < 4.78 is 20.1. The normalized spacial score (nSPS) is 25.3. The molecule has 1 aromatic carbocycles. The fourth-order valence-corrected chi connectivity index (χ4v) is 3.03. The Hall–Kier alpha value is -0.450. The van der Waals surface area contributed by atoms with Gasteiger partial charge in [-0.1, -0.05) is 15.9 Å². The largest absolute Gasteiger partial charge is 0.374 e. The lowest BCUT2D eigenvalue weighted by Gasteiger charge is -2.33. The number of benzene rings is 1. The molecule has 1 N–H and O–H groups in total. The van der Waals surface area contributed by atoms with Crippen LogP contribution in [0.5, 0.6) is 0 Å². The smallest absolute Gasteiger partial charge is 0.123 e. The molecule has 0 bridgehead atoms. The van der Waals surface area contributed by atoms with Crippen LogP contribution in [0.1, 0.15) is 25.3 Å². The molecule has 0 aliphatic carbocycles. The van der Waals surface area contributed by atoms with Gasteiger partial charge in [0.1, 0.15) is 5.82 Å². The van der Waals surface area contributed by atoms with Gasteiger partial charge in [-0.3, -0.25) is 0 Å². The maximum atomic E-state index is 13.3. The molecule has 4 heteroatoms. The Morgan fingerprint density at radius 3 is 2.94 bits per heavy atom. The number of rotatable bonds is 4. The Balaban J connectivity index is 2.17. The Bertz CT molecular complexity index is 418. The lowest BCUT2D eigenvalue weighted by Crippen LogP contribution is -2.48. The summed E-state index contributed by atoms with van der Waals surface area (Å²) in [7, 11) is 1.94. The number of ether oxygens (including phenoxy) is 1. The van der Waals surface area contributed by atoms with Crippen LogP contribution in [0.15, 0.2) is 22.7 Å². The van der Waals surface area contributed by atoms with Gasteiger partial charge in [-0.2, -0.15) is 0 Å². The third-order valence-electron chi connectivity index (χ3n) is 3.77. The van der Waals surface area contributed by atoms with E-state index in [4.69, 9.17) is 4.74 Å². The third-order valence-corrected chi connectivity index (χ3v) is 4.54. The third kappa shape index (κ3) is 2.92. The van der Waals surface area contributed by atoms with Crippen LogP contribution in [-0.2, 0) is 11.2 Å². The molecule has 100 valence electrons. The zero-order chi connectivity index (χ0) is 13.2. The van der Waals surface area contributed by atoms with Crippen molar-refractivity contribution in [3.63, 3.8) is 0 Å². The highest BCUT2D eigenvalue weighted by Crippen LogP contribution is 2.31. The molecular weight excluding hydrogens is 297 g/mol. The molecule has 0 spiro atoms. The zero-order valence-corrected chi connectivity index (χ0v) is 12.4.